The lowest BCUT2D eigenvalue weighted by Crippen LogP contribution is -2.39. The summed E-state index contributed by atoms with van der Waals surface area (Å²) < 4.78 is 30.1. The summed E-state index contributed by atoms with van der Waals surface area (Å²) >= 11 is 5.94. The number of hydrogen-bond acceptors (Lipinski definition) is 3. The van der Waals surface area contributed by atoms with E-state index in [1.165, 1.54) is 0 Å². The molecule has 23 heavy (non-hydrogen) atoms. The molecule has 1 aliphatic rings. The van der Waals surface area contributed by atoms with Crippen molar-refractivity contribution < 1.29 is 12.6 Å². The van der Waals surface area contributed by atoms with Crippen LogP contribution in [0.3, 0.4) is 0 Å². The van der Waals surface area contributed by atoms with E-state index >= 15 is 0 Å². The Hall–Kier alpha value is -1.36. The maximum Gasteiger partial charge on any atom is 0.297 e. The van der Waals surface area contributed by atoms with Gasteiger partial charge < -0.3 is 0 Å². The van der Waals surface area contributed by atoms with Gasteiger partial charge in [0, 0.05) is 10.4 Å². The van der Waals surface area contributed by atoms with Crippen molar-refractivity contribution in [2.45, 2.75) is 36.5 Å². The first kappa shape index (κ1) is 16.5. The van der Waals surface area contributed by atoms with E-state index in [1.807, 2.05) is 31.2 Å². The molecule has 2 aromatic rings. The van der Waals surface area contributed by atoms with Gasteiger partial charge in [-0.05, 0) is 49.6 Å². The smallest absolute Gasteiger partial charge is 0.265 e. The Labute approximate surface area is 142 Å². The van der Waals surface area contributed by atoms with Crippen molar-refractivity contribution in [1.82, 2.24) is 0 Å². The summed E-state index contributed by atoms with van der Waals surface area (Å²) in [6, 6.07) is 14.3. The van der Waals surface area contributed by atoms with Crippen LogP contribution < -0.4 is 0 Å². The van der Waals surface area contributed by atoms with E-state index in [0.29, 0.717) is 5.02 Å². The predicted octanol–water partition coefficient (Wildman–Crippen LogP) is 4.48. The molecule has 0 saturated heterocycles. The fourth-order valence-electron chi connectivity index (χ4n) is 2.89. The number of benzene rings is 2. The second-order valence-electron chi connectivity index (χ2n) is 6.17. The molecule has 2 aromatic carbocycles. The van der Waals surface area contributed by atoms with Crippen LogP contribution in [0.4, 0.5) is 0 Å². The quantitative estimate of drug-likeness (QED) is 0.747. The highest BCUT2D eigenvalue weighted by Crippen LogP contribution is 2.44. The van der Waals surface area contributed by atoms with E-state index in [0.717, 1.165) is 30.4 Å². The van der Waals surface area contributed by atoms with E-state index in [9.17, 15) is 8.42 Å². The minimum atomic E-state index is -3.73. The molecule has 0 radical (unpaired) electrons. The van der Waals surface area contributed by atoms with E-state index in [-0.39, 0.29) is 16.9 Å². The standard InChI is InChI=1S/C18H19ClO3S/c1-14-3-9-17(10-4-14)23(20,21)22-13-18(11-2-12-18)15-5-7-16(19)8-6-15/h3-10H,2,11-13H2,1H3. The predicted molar refractivity (Wildman–Crippen MR) is 91.3 cm³/mol. The van der Waals surface area contributed by atoms with Crippen molar-refractivity contribution in [3.63, 3.8) is 0 Å². The molecule has 0 N–H and O–H groups in total. The molecule has 0 aliphatic heterocycles. The summed E-state index contributed by atoms with van der Waals surface area (Å²) in [6.45, 7) is 2.09. The van der Waals surface area contributed by atoms with Gasteiger partial charge in [0.1, 0.15) is 0 Å². The van der Waals surface area contributed by atoms with E-state index in [4.69, 9.17) is 15.8 Å². The number of halogens is 1. The van der Waals surface area contributed by atoms with Crippen molar-refractivity contribution in [3.8, 4) is 0 Å². The molecule has 5 heteroatoms. The van der Waals surface area contributed by atoms with Gasteiger partial charge in [-0.25, -0.2) is 0 Å². The lowest BCUT2D eigenvalue weighted by molar-refractivity contribution is 0.140. The third-order valence-electron chi connectivity index (χ3n) is 4.57. The van der Waals surface area contributed by atoms with Crippen molar-refractivity contribution in [1.29, 1.82) is 0 Å². The fourth-order valence-corrected chi connectivity index (χ4v) is 4.00. The largest absolute Gasteiger partial charge is 0.297 e. The summed E-state index contributed by atoms with van der Waals surface area (Å²) in [5.41, 5.74) is 1.88. The van der Waals surface area contributed by atoms with Gasteiger partial charge in [0.05, 0.1) is 11.5 Å². The number of hydrogen-bond donors (Lipinski definition) is 0. The van der Waals surface area contributed by atoms with Gasteiger partial charge in [-0.3, -0.25) is 4.18 Å². The Kier molecular flexibility index (Phi) is 4.50. The third-order valence-corrected chi connectivity index (χ3v) is 6.10. The molecule has 1 saturated carbocycles. The highest BCUT2D eigenvalue weighted by atomic mass is 35.5. The van der Waals surface area contributed by atoms with Gasteiger partial charge in [-0.1, -0.05) is 47.9 Å². The van der Waals surface area contributed by atoms with Crippen LogP contribution in [0.5, 0.6) is 0 Å². The molecule has 0 unspecified atom stereocenters. The Morgan fingerprint density at radius 2 is 1.65 bits per heavy atom. The van der Waals surface area contributed by atoms with Gasteiger partial charge in [0.2, 0.25) is 0 Å². The van der Waals surface area contributed by atoms with E-state index in [1.54, 1.807) is 24.3 Å². The molecule has 0 heterocycles. The molecule has 1 aliphatic carbocycles. The monoisotopic (exact) mass is 350 g/mol. The normalized spacial score (nSPS) is 16.8. The summed E-state index contributed by atoms with van der Waals surface area (Å²) in [5, 5.41) is 0.677. The van der Waals surface area contributed by atoms with Gasteiger partial charge >= 0.3 is 0 Å². The van der Waals surface area contributed by atoms with Crippen LogP contribution in [-0.2, 0) is 19.7 Å². The molecule has 0 atom stereocenters. The van der Waals surface area contributed by atoms with Gasteiger partial charge in [-0.2, -0.15) is 8.42 Å². The summed E-state index contributed by atoms with van der Waals surface area (Å²) in [4.78, 5) is 0.202. The Morgan fingerprint density at radius 3 is 2.17 bits per heavy atom. The minimum absolute atomic E-state index is 0.171. The van der Waals surface area contributed by atoms with E-state index in [2.05, 4.69) is 0 Å². The van der Waals surface area contributed by atoms with Crippen LogP contribution in [0.1, 0.15) is 30.4 Å². The summed E-state index contributed by atoms with van der Waals surface area (Å²) in [5.74, 6) is 0. The first-order chi connectivity index (χ1) is 10.9. The molecule has 0 spiro atoms. The second-order valence-corrected chi connectivity index (χ2v) is 8.22. The van der Waals surface area contributed by atoms with Crippen LogP contribution in [0.2, 0.25) is 5.02 Å². The number of rotatable bonds is 5. The highest BCUT2D eigenvalue weighted by Gasteiger charge is 2.40. The highest BCUT2D eigenvalue weighted by molar-refractivity contribution is 7.86. The van der Waals surface area contributed by atoms with Crippen LogP contribution in [0, 0.1) is 6.92 Å². The molecular formula is C18H19ClO3S. The SMILES string of the molecule is Cc1ccc(S(=O)(=O)OCC2(c3ccc(Cl)cc3)CCC2)cc1. The molecule has 0 aromatic heterocycles. The molecule has 122 valence electrons. The zero-order valence-corrected chi connectivity index (χ0v) is 14.5. The average molecular weight is 351 g/mol. The molecule has 3 rings (SSSR count). The van der Waals surface area contributed by atoms with Gasteiger partial charge in [-0.15, -0.1) is 0 Å². The van der Waals surface area contributed by atoms with Gasteiger partial charge in [0.25, 0.3) is 10.1 Å². The molecule has 3 nitrogen and oxygen atoms in total. The van der Waals surface area contributed by atoms with Crippen molar-refractivity contribution in [2.24, 2.45) is 0 Å². The maximum absolute atomic E-state index is 12.4. The fraction of sp³-hybridized carbons (Fsp3) is 0.333. The van der Waals surface area contributed by atoms with Crippen LogP contribution in [0.15, 0.2) is 53.4 Å². The van der Waals surface area contributed by atoms with Crippen LogP contribution in [0.25, 0.3) is 0 Å². The molecule has 0 amide bonds. The molecule has 1 fully saturated rings. The zero-order valence-electron chi connectivity index (χ0n) is 13.0. The van der Waals surface area contributed by atoms with Crippen LogP contribution in [-0.4, -0.2) is 15.0 Å². The second kappa shape index (κ2) is 6.27. The maximum atomic E-state index is 12.4. The Morgan fingerprint density at radius 1 is 1.04 bits per heavy atom. The van der Waals surface area contributed by atoms with E-state index < -0.39 is 10.1 Å². The van der Waals surface area contributed by atoms with Gasteiger partial charge in [0.15, 0.2) is 0 Å². The lowest BCUT2D eigenvalue weighted by Gasteiger charge is -2.41. The average Bonchev–Trinajstić information content (AvgIpc) is 2.48. The van der Waals surface area contributed by atoms with Crippen molar-refractivity contribution >= 4 is 21.7 Å². The van der Waals surface area contributed by atoms with Crippen molar-refractivity contribution in [3.05, 3.63) is 64.7 Å². The summed E-state index contributed by atoms with van der Waals surface area (Å²) in [7, 11) is -3.73. The topological polar surface area (TPSA) is 43.4 Å². The Bertz CT molecular complexity index is 776. The number of aryl methyl sites for hydroxylation is 1. The zero-order chi connectivity index (χ0) is 16.5. The summed E-state index contributed by atoms with van der Waals surface area (Å²) in [6.07, 6.45) is 2.94. The van der Waals surface area contributed by atoms with Crippen molar-refractivity contribution in [2.75, 3.05) is 6.61 Å². The molecular weight excluding hydrogens is 332 g/mol. The van der Waals surface area contributed by atoms with Crippen LogP contribution >= 0.6 is 11.6 Å². The Balaban J connectivity index is 1.77. The molecule has 0 bridgehead atoms. The lowest BCUT2D eigenvalue weighted by atomic mass is 9.65. The first-order valence-corrected chi connectivity index (χ1v) is 9.42. The minimum Gasteiger partial charge on any atom is -0.265 e. The first-order valence-electron chi connectivity index (χ1n) is 7.64. The third kappa shape index (κ3) is 3.44.